The minimum absolute atomic E-state index is 0.154. The van der Waals surface area contributed by atoms with Crippen molar-refractivity contribution in [2.24, 2.45) is 0 Å². The maximum absolute atomic E-state index is 13.3. The Bertz CT molecular complexity index is 1230. The van der Waals surface area contributed by atoms with Gasteiger partial charge in [-0.3, -0.25) is 14.2 Å². The quantitative estimate of drug-likeness (QED) is 0.459. The fourth-order valence-corrected chi connectivity index (χ4v) is 4.33. The smallest absolute Gasteiger partial charge is 0.263 e. The SMILES string of the molecule is Cc1sc2ncn(C(C)C(=O)c3ccccc3)c(=O)c2c1-c1ccc(F)cc1. The van der Waals surface area contributed by atoms with Crippen LogP contribution in [0.15, 0.2) is 65.7 Å². The second kappa shape index (κ2) is 7.13. The molecule has 0 bridgehead atoms. The van der Waals surface area contributed by atoms with E-state index in [2.05, 4.69) is 4.98 Å². The van der Waals surface area contributed by atoms with Crippen molar-refractivity contribution in [2.45, 2.75) is 19.9 Å². The molecule has 0 saturated heterocycles. The summed E-state index contributed by atoms with van der Waals surface area (Å²) >= 11 is 1.41. The van der Waals surface area contributed by atoms with E-state index in [9.17, 15) is 14.0 Å². The predicted molar refractivity (Wildman–Crippen MR) is 109 cm³/mol. The van der Waals surface area contributed by atoms with Crippen molar-refractivity contribution in [1.82, 2.24) is 9.55 Å². The highest BCUT2D eigenvalue weighted by atomic mass is 32.1. The van der Waals surface area contributed by atoms with Crippen molar-refractivity contribution >= 4 is 27.3 Å². The van der Waals surface area contributed by atoms with Crippen molar-refractivity contribution in [1.29, 1.82) is 0 Å². The molecule has 4 nitrogen and oxygen atoms in total. The van der Waals surface area contributed by atoms with Crippen LogP contribution >= 0.6 is 11.3 Å². The zero-order chi connectivity index (χ0) is 19.8. The van der Waals surface area contributed by atoms with E-state index in [0.29, 0.717) is 15.8 Å². The number of Topliss-reactive ketones (excluding diaryl/α,β-unsaturated/α-hetero) is 1. The van der Waals surface area contributed by atoms with Crippen LogP contribution in [0.4, 0.5) is 4.39 Å². The molecule has 2 aromatic heterocycles. The van der Waals surface area contributed by atoms with Gasteiger partial charge in [0.2, 0.25) is 0 Å². The summed E-state index contributed by atoms with van der Waals surface area (Å²) in [7, 11) is 0. The molecule has 4 aromatic rings. The van der Waals surface area contributed by atoms with E-state index in [1.807, 2.05) is 13.0 Å². The van der Waals surface area contributed by atoms with Gasteiger partial charge in [0.25, 0.3) is 5.56 Å². The number of fused-ring (bicyclic) bond motifs is 1. The third-order valence-electron chi connectivity index (χ3n) is 4.80. The number of halogens is 1. The monoisotopic (exact) mass is 392 g/mol. The Balaban J connectivity index is 1.87. The van der Waals surface area contributed by atoms with Gasteiger partial charge >= 0.3 is 0 Å². The lowest BCUT2D eigenvalue weighted by Gasteiger charge is -2.14. The molecule has 2 aromatic carbocycles. The van der Waals surface area contributed by atoms with Gasteiger partial charge in [-0.15, -0.1) is 11.3 Å². The van der Waals surface area contributed by atoms with E-state index in [1.54, 1.807) is 43.3 Å². The average Bonchev–Trinajstić information content (AvgIpc) is 3.05. The molecule has 1 unspecified atom stereocenters. The zero-order valence-electron chi connectivity index (χ0n) is 15.3. The van der Waals surface area contributed by atoms with Gasteiger partial charge in [-0.25, -0.2) is 9.37 Å². The lowest BCUT2D eigenvalue weighted by atomic mass is 10.0. The summed E-state index contributed by atoms with van der Waals surface area (Å²) in [5.74, 6) is -0.488. The highest BCUT2D eigenvalue weighted by molar-refractivity contribution is 7.19. The van der Waals surface area contributed by atoms with Crippen LogP contribution in [0.2, 0.25) is 0 Å². The first kappa shape index (κ1) is 18.3. The number of aromatic nitrogens is 2. The summed E-state index contributed by atoms with van der Waals surface area (Å²) in [6.45, 7) is 3.61. The Morgan fingerprint density at radius 2 is 1.79 bits per heavy atom. The standard InChI is InChI=1S/C22H17FN2O2S/c1-13(20(26)16-6-4-3-5-7-16)25-12-24-21-19(22(25)27)18(14(2)28-21)15-8-10-17(23)11-9-15/h3-13H,1-2H3. The van der Waals surface area contributed by atoms with Crippen LogP contribution in [0.1, 0.15) is 28.2 Å². The number of carbonyl (C=O) groups is 1. The van der Waals surface area contributed by atoms with Crippen LogP contribution in [0.25, 0.3) is 21.3 Å². The molecule has 0 radical (unpaired) electrons. The first-order chi connectivity index (χ1) is 13.5. The molecule has 0 saturated carbocycles. The highest BCUT2D eigenvalue weighted by Gasteiger charge is 2.22. The molecule has 6 heteroatoms. The topological polar surface area (TPSA) is 52.0 Å². The van der Waals surface area contributed by atoms with Gasteiger partial charge in [-0.2, -0.15) is 0 Å². The van der Waals surface area contributed by atoms with E-state index >= 15 is 0 Å². The van der Waals surface area contributed by atoms with Crippen molar-refractivity contribution in [3.05, 3.63) is 87.5 Å². The Morgan fingerprint density at radius 1 is 1.11 bits per heavy atom. The van der Waals surface area contributed by atoms with Gasteiger partial charge in [0, 0.05) is 16.0 Å². The maximum Gasteiger partial charge on any atom is 0.263 e. The first-order valence-electron chi connectivity index (χ1n) is 8.83. The number of hydrogen-bond acceptors (Lipinski definition) is 4. The molecule has 0 aliphatic rings. The Morgan fingerprint density at radius 3 is 2.46 bits per heavy atom. The number of aryl methyl sites for hydroxylation is 1. The van der Waals surface area contributed by atoms with Gasteiger partial charge in [0.1, 0.15) is 10.6 Å². The molecule has 0 spiro atoms. The fourth-order valence-electron chi connectivity index (χ4n) is 3.33. The number of carbonyl (C=O) groups excluding carboxylic acids is 1. The minimum Gasteiger partial charge on any atom is -0.292 e. The average molecular weight is 392 g/mol. The molecule has 28 heavy (non-hydrogen) atoms. The highest BCUT2D eigenvalue weighted by Crippen LogP contribution is 2.35. The summed E-state index contributed by atoms with van der Waals surface area (Å²) in [5, 5.41) is 0.462. The zero-order valence-corrected chi connectivity index (χ0v) is 16.2. The molecule has 4 rings (SSSR count). The number of thiophene rings is 1. The van der Waals surface area contributed by atoms with Crippen LogP contribution in [0, 0.1) is 12.7 Å². The maximum atomic E-state index is 13.3. The largest absolute Gasteiger partial charge is 0.292 e. The summed E-state index contributed by atoms with van der Waals surface area (Å²) in [5.41, 5.74) is 1.77. The first-order valence-corrected chi connectivity index (χ1v) is 9.64. The summed E-state index contributed by atoms with van der Waals surface area (Å²) < 4.78 is 14.7. The van der Waals surface area contributed by atoms with Gasteiger partial charge in [0.15, 0.2) is 5.78 Å². The number of hydrogen-bond donors (Lipinski definition) is 0. The van der Waals surface area contributed by atoms with Gasteiger partial charge in [0.05, 0.1) is 17.8 Å². The molecule has 140 valence electrons. The van der Waals surface area contributed by atoms with E-state index in [4.69, 9.17) is 0 Å². The molecule has 0 amide bonds. The predicted octanol–water partition coefficient (Wildman–Crippen LogP) is 5.02. The number of benzene rings is 2. The molecule has 0 aliphatic heterocycles. The van der Waals surface area contributed by atoms with Crippen molar-refractivity contribution in [2.75, 3.05) is 0 Å². The molecule has 0 fully saturated rings. The number of ketones is 1. The van der Waals surface area contributed by atoms with Crippen LogP contribution in [0.5, 0.6) is 0 Å². The van der Waals surface area contributed by atoms with E-state index in [0.717, 1.165) is 16.0 Å². The van der Waals surface area contributed by atoms with Crippen LogP contribution in [-0.4, -0.2) is 15.3 Å². The number of nitrogens with zero attached hydrogens (tertiary/aromatic N) is 2. The second-order valence-corrected chi connectivity index (χ2v) is 7.79. The Labute approximate surface area is 164 Å². The lowest BCUT2D eigenvalue weighted by molar-refractivity contribution is 0.0932. The van der Waals surface area contributed by atoms with Crippen molar-refractivity contribution in [3.8, 4) is 11.1 Å². The lowest BCUT2D eigenvalue weighted by Crippen LogP contribution is -2.28. The molecule has 0 N–H and O–H groups in total. The van der Waals surface area contributed by atoms with Gasteiger partial charge < -0.3 is 0 Å². The van der Waals surface area contributed by atoms with Crippen LogP contribution in [0.3, 0.4) is 0 Å². The molecule has 1 atom stereocenters. The number of rotatable bonds is 4. The fraction of sp³-hybridized carbons (Fsp3) is 0.136. The summed E-state index contributed by atoms with van der Waals surface area (Å²) in [6, 6.07) is 14.2. The normalized spacial score (nSPS) is 12.2. The van der Waals surface area contributed by atoms with E-state index < -0.39 is 6.04 Å². The molecule has 2 heterocycles. The van der Waals surface area contributed by atoms with E-state index in [-0.39, 0.29) is 17.2 Å². The van der Waals surface area contributed by atoms with Gasteiger partial charge in [-0.05, 0) is 31.5 Å². The minimum atomic E-state index is -0.687. The second-order valence-electron chi connectivity index (χ2n) is 6.58. The third-order valence-corrected chi connectivity index (χ3v) is 5.81. The van der Waals surface area contributed by atoms with Gasteiger partial charge in [-0.1, -0.05) is 42.5 Å². The Kier molecular flexibility index (Phi) is 4.65. The van der Waals surface area contributed by atoms with Crippen LogP contribution in [-0.2, 0) is 0 Å². The van der Waals surface area contributed by atoms with E-state index in [1.165, 1.54) is 34.4 Å². The summed E-state index contributed by atoms with van der Waals surface area (Å²) in [4.78, 5) is 32.0. The van der Waals surface area contributed by atoms with Crippen LogP contribution < -0.4 is 5.56 Å². The summed E-state index contributed by atoms with van der Waals surface area (Å²) in [6.07, 6.45) is 1.43. The molecular weight excluding hydrogens is 375 g/mol. The Hall–Kier alpha value is -3.12. The molecular formula is C22H17FN2O2S. The molecule has 0 aliphatic carbocycles. The van der Waals surface area contributed by atoms with Crippen molar-refractivity contribution in [3.63, 3.8) is 0 Å². The third kappa shape index (κ3) is 3.05. The van der Waals surface area contributed by atoms with Crippen molar-refractivity contribution < 1.29 is 9.18 Å².